The minimum Gasteiger partial charge on any atom is -0.481 e. The molecule has 1 aromatic carbocycles. The normalized spacial score (nSPS) is 20.9. The van der Waals surface area contributed by atoms with Gasteiger partial charge in [-0.25, -0.2) is 0 Å². The molecule has 224 valence electrons. The molecule has 0 radical (unpaired) electrons. The van der Waals surface area contributed by atoms with E-state index in [1.165, 1.54) is 18.2 Å². The van der Waals surface area contributed by atoms with Crippen LogP contribution in [0, 0.1) is 5.41 Å². The third kappa shape index (κ3) is 6.33. The number of nitrogens with zero attached hydrogens (tertiary/aromatic N) is 4. The average molecular weight is 596 g/mol. The molecule has 1 aromatic heterocycles. The van der Waals surface area contributed by atoms with Gasteiger partial charge in [-0.05, 0) is 43.4 Å². The van der Waals surface area contributed by atoms with E-state index in [9.17, 15) is 28.3 Å². The lowest BCUT2D eigenvalue weighted by Crippen LogP contribution is -2.56. The molecule has 0 aliphatic carbocycles. The monoisotopic (exact) mass is 595 g/mol. The summed E-state index contributed by atoms with van der Waals surface area (Å²) < 4.78 is 32.5. The number of piperidine rings is 1. The first kappa shape index (κ1) is 30.7. The summed E-state index contributed by atoms with van der Waals surface area (Å²) in [4.78, 5) is 42.4. The van der Waals surface area contributed by atoms with Crippen molar-refractivity contribution in [2.24, 2.45) is 5.41 Å². The van der Waals surface area contributed by atoms with Gasteiger partial charge in [0.05, 0.1) is 11.1 Å². The average Bonchev–Trinajstić information content (AvgIpc) is 3.59. The number of alkyl halides is 2. The number of nitrogens with one attached hydrogen (secondary N) is 1. The van der Waals surface area contributed by atoms with Crippen molar-refractivity contribution < 1.29 is 33.0 Å². The van der Waals surface area contributed by atoms with Gasteiger partial charge in [-0.1, -0.05) is 32.4 Å². The Hall–Kier alpha value is -3.25. The number of carbonyl (C=O) groups excluding carboxylic acids is 2. The number of anilines is 1. The number of carbonyl (C=O) groups is 3. The Labute approximate surface area is 242 Å². The molecule has 2 saturated heterocycles. The van der Waals surface area contributed by atoms with E-state index in [1.54, 1.807) is 22.7 Å². The molecular weight excluding hydrogens is 560 g/mol. The number of ether oxygens (including phenoxy) is 1. The lowest BCUT2D eigenvalue weighted by atomic mass is 9.82. The molecule has 0 unspecified atom stereocenters. The first-order chi connectivity index (χ1) is 19.4. The second-order valence-corrected chi connectivity index (χ2v) is 11.5. The lowest BCUT2D eigenvalue weighted by Gasteiger charge is -2.43. The van der Waals surface area contributed by atoms with E-state index in [1.807, 2.05) is 24.8 Å². The fourth-order valence-corrected chi connectivity index (χ4v) is 6.03. The van der Waals surface area contributed by atoms with Crippen LogP contribution in [0.4, 0.5) is 14.5 Å². The molecule has 41 heavy (non-hydrogen) atoms. The van der Waals surface area contributed by atoms with Gasteiger partial charge in [-0.2, -0.15) is 13.9 Å². The van der Waals surface area contributed by atoms with Crippen molar-refractivity contribution >= 4 is 35.1 Å². The van der Waals surface area contributed by atoms with Crippen LogP contribution in [0.5, 0.6) is 5.75 Å². The predicted octanol–water partition coefficient (Wildman–Crippen LogP) is 4.40. The molecule has 2 aliphatic heterocycles. The maximum Gasteiger partial charge on any atom is 0.387 e. The van der Waals surface area contributed by atoms with Gasteiger partial charge in [0.1, 0.15) is 5.54 Å². The molecule has 0 spiro atoms. The number of aliphatic carboxylic acids is 1. The van der Waals surface area contributed by atoms with Crippen molar-refractivity contribution in [3.63, 3.8) is 0 Å². The quantitative estimate of drug-likeness (QED) is 0.418. The number of hydrogen-bond acceptors (Lipinski definition) is 6. The van der Waals surface area contributed by atoms with E-state index >= 15 is 0 Å². The number of likely N-dealkylation sites (tertiary alicyclic amines) is 2. The molecular formula is C28H36ClF2N5O5. The van der Waals surface area contributed by atoms with Gasteiger partial charge < -0.3 is 25.0 Å². The van der Waals surface area contributed by atoms with Gasteiger partial charge >= 0.3 is 12.6 Å². The summed E-state index contributed by atoms with van der Waals surface area (Å²) in [7, 11) is 0. The zero-order valence-corrected chi connectivity index (χ0v) is 24.2. The van der Waals surface area contributed by atoms with Crippen molar-refractivity contribution in [1.82, 2.24) is 19.6 Å². The van der Waals surface area contributed by atoms with Crippen LogP contribution in [-0.4, -0.2) is 81.8 Å². The topological polar surface area (TPSA) is 117 Å². The highest BCUT2D eigenvalue weighted by Gasteiger charge is 2.50. The molecule has 3 heterocycles. The fourth-order valence-electron chi connectivity index (χ4n) is 5.86. The summed E-state index contributed by atoms with van der Waals surface area (Å²) in [5, 5.41) is 17.6. The number of benzene rings is 1. The van der Waals surface area contributed by atoms with Crippen LogP contribution in [0.25, 0.3) is 0 Å². The van der Waals surface area contributed by atoms with Gasteiger partial charge in [0.25, 0.3) is 5.91 Å². The van der Waals surface area contributed by atoms with Crippen molar-refractivity contribution in [2.45, 2.75) is 64.5 Å². The molecule has 1 atom stereocenters. The number of amides is 2. The molecule has 13 heteroatoms. The van der Waals surface area contributed by atoms with Crippen LogP contribution >= 0.6 is 11.6 Å². The van der Waals surface area contributed by atoms with Gasteiger partial charge in [-0.15, -0.1) is 0 Å². The minimum atomic E-state index is -3.11. The summed E-state index contributed by atoms with van der Waals surface area (Å²) in [5.74, 6) is -1.67. The standard InChI is InChI=1S/C28H36ClF2N5O5/c1-4-23(37)35-14-8-27(17-35,25(39)40)16-34-12-9-28(10-13-34,36-21(18(2)3)7-11-32-36)24(38)33-20-6-5-19(29)15-22(20)41-26(30)31/h5-7,11,15,18,26H,4,8-10,12-14,16-17H2,1-3H3,(H,33,38)(H,39,40)/t27-/m0/s1. The Morgan fingerprint density at radius 2 is 1.85 bits per heavy atom. The third-order valence-corrected chi connectivity index (χ3v) is 8.41. The number of halogens is 3. The predicted molar refractivity (Wildman–Crippen MR) is 148 cm³/mol. The van der Waals surface area contributed by atoms with Gasteiger partial charge in [0, 0.05) is 62.1 Å². The number of hydrogen-bond donors (Lipinski definition) is 2. The lowest BCUT2D eigenvalue weighted by molar-refractivity contribution is -0.150. The van der Waals surface area contributed by atoms with Crippen LogP contribution in [0.3, 0.4) is 0 Å². The van der Waals surface area contributed by atoms with Gasteiger partial charge in [-0.3, -0.25) is 19.1 Å². The highest BCUT2D eigenvalue weighted by atomic mass is 35.5. The highest BCUT2D eigenvalue weighted by molar-refractivity contribution is 6.30. The molecule has 2 aliphatic rings. The summed E-state index contributed by atoms with van der Waals surface area (Å²) in [6.45, 7) is 4.19. The second kappa shape index (κ2) is 12.3. The molecule has 2 amide bonds. The van der Waals surface area contributed by atoms with Crippen molar-refractivity contribution in [2.75, 3.05) is 38.0 Å². The Bertz CT molecular complexity index is 1280. The van der Waals surface area contributed by atoms with Gasteiger partial charge in [0.2, 0.25) is 5.91 Å². The number of carboxylic acid groups (broad SMARTS) is 1. The van der Waals surface area contributed by atoms with Crippen LogP contribution in [0.2, 0.25) is 5.02 Å². The molecule has 0 bridgehead atoms. The Kier molecular flexibility index (Phi) is 9.22. The smallest absolute Gasteiger partial charge is 0.387 e. The maximum atomic E-state index is 14.1. The van der Waals surface area contributed by atoms with E-state index in [0.717, 1.165) is 5.69 Å². The largest absolute Gasteiger partial charge is 0.481 e. The molecule has 2 aromatic rings. The SMILES string of the molecule is CCC(=O)N1CC[C@@](CN2CCC(C(=O)Nc3ccc(Cl)cc3OC(F)F)(n3nccc3C(C)C)CC2)(C(=O)O)C1. The van der Waals surface area contributed by atoms with Crippen LogP contribution in [-0.2, 0) is 19.9 Å². The van der Waals surface area contributed by atoms with E-state index in [4.69, 9.17) is 11.6 Å². The molecule has 2 fully saturated rings. The third-order valence-electron chi connectivity index (χ3n) is 8.17. The Morgan fingerprint density at radius 1 is 1.15 bits per heavy atom. The number of aromatic nitrogens is 2. The molecule has 0 saturated carbocycles. The summed E-state index contributed by atoms with van der Waals surface area (Å²) in [6.07, 6.45) is 2.90. The zero-order chi connectivity index (χ0) is 29.9. The summed E-state index contributed by atoms with van der Waals surface area (Å²) in [5.41, 5.74) is -1.37. The first-order valence-corrected chi connectivity index (χ1v) is 14.1. The van der Waals surface area contributed by atoms with Crippen molar-refractivity contribution in [3.8, 4) is 5.75 Å². The van der Waals surface area contributed by atoms with Crippen molar-refractivity contribution in [1.29, 1.82) is 0 Å². The second-order valence-electron chi connectivity index (χ2n) is 11.1. The molecule has 2 N–H and O–H groups in total. The Morgan fingerprint density at radius 3 is 2.46 bits per heavy atom. The van der Waals surface area contributed by atoms with Crippen LogP contribution < -0.4 is 10.1 Å². The highest BCUT2D eigenvalue weighted by Crippen LogP contribution is 2.39. The summed E-state index contributed by atoms with van der Waals surface area (Å²) in [6, 6.07) is 5.94. The van der Waals surface area contributed by atoms with E-state index < -0.39 is 29.4 Å². The minimum absolute atomic E-state index is 0.0457. The number of rotatable bonds is 10. The fraction of sp³-hybridized carbons (Fsp3) is 0.571. The Balaban J connectivity index is 1.60. The zero-order valence-electron chi connectivity index (χ0n) is 23.4. The van der Waals surface area contributed by atoms with E-state index in [2.05, 4.69) is 15.2 Å². The number of carboxylic acids is 1. The van der Waals surface area contributed by atoms with E-state index in [0.29, 0.717) is 45.3 Å². The van der Waals surface area contributed by atoms with E-state index in [-0.39, 0.29) is 41.4 Å². The van der Waals surface area contributed by atoms with Crippen LogP contribution in [0.15, 0.2) is 30.5 Å². The maximum absolute atomic E-state index is 14.1. The molecule has 10 nitrogen and oxygen atoms in total. The van der Waals surface area contributed by atoms with Gasteiger partial charge in [0.15, 0.2) is 5.75 Å². The first-order valence-electron chi connectivity index (χ1n) is 13.7. The van der Waals surface area contributed by atoms with Crippen molar-refractivity contribution in [3.05, 3.63) is 41.2 Å². The molecule has 4 rings (SSSR count). The van der Waals surface area contributed by atoms with Crippen LogP contribution in [0.1, 0.15) is 58.1 Å². The summed E-state index contributed by atoms with van der Waals surface area (Å²) >= 11 is 5.98.